The van der Waals surface area contributed by atoms with Crippen molar-refractivity contribution in [3.05, 3.63) is 62.6 Å². The minimum atomic E-state index is -3.87. The molecule has 0 unspecified atom stereocenters. The van der Waals surface area contributed by atoms with Crippen LogP contribution in [0.15, 0.2) is 36.4 Å². The van der Waals surface area contributed by atoms with Crippen molar-refractivity contribution in [1.29, 1.82) is 0 Å². The summed E-state index contributed by atoms with van der Waals surface area (Å²) in [6.45, 7) is 8.17. The summed E-state index contributed by atoms with van der Waals surface area (Å²) < 4.78 is 26.2. The SMILES string of the molecule is Cc1ccc(N(CC(=O)N(Cc2c(Cl)cccc2Cl)[C@H](C)C(=O)NC(C)(C)C)S(C)(=O)=O)cc1Cl. The van der Waals surface area contributed by atoms with Gasteiger partial charge in [0.25, 0.3) is 0 Å². The molecule has 0 heterocycles. The van der Waals surface area contributed by atoms with E-state index >= 15 is 0 Å². The Morgan fingerprint density at radius 1 is 1.03 bits per heavy atom. The van der Waals surface area contributed by atoms with Gasteiger partial charge in [0.15, 0.2) is 0 Å². The van der Waals surface area contributed by atoms with Crippen LogP contribution in [-0.2, 0) is 26.2 Å². The molecule has 2 aromatic carbocycles. The number of aryl methyl sites for hydroxylation is 1. The van der Waals surface area contributed by atoms with Gasteiger partial charge < -0.3 is 10.2 Å². The third kappa shape index (κ3) is 8.00. The van der Waals surface area contributed by atoms with E-state index < -0.39 is 40.0 Å². The number of amides is 2. The number of rotatable bonds is 8. The highest BCUT2D eigenvalue weighted by molar-refractivity contribution is 7.92. The molecule has 0 aliphatic heterocycles. The topological polar surface area (TPSA) is 86.8 Å². The summed E-state index contributed by atoms with van der Waals surface area (Å²) in [5.74, 6) is -1.02. The molecule has 0 aliphatic rings. The lowest BCUT2D eigenvalue weighted by atomic mass is 10.1. The van der Waals surface area contributed by atoms with Crippen LogP contribution in [0.5, 0.6) is 0 Å². The molecule has 2 amide bonds. The van der Waals surface area contributed by atoms with Gasteiger partial charge in [0.1, 0.15) is 12.6 Å². The van der Waals surface area contributed by atoms with Gasteiger partial charge in [0.2, 0.25) is 21.8 Å². The van der Waals surface area contributed by atoms with E-state index in [0.29, 0.717) is 20.6 Å². The zero-order valence-corrected chi connectivity index (χ0v) is 23.6. The molecule has 0 aromatic heterocycles. The van der Waals surface area contributed by atoms with Crippen molar-refractivity contribution in [3.8, 4) is 0 Å². The number of hydrogen-bond donors (Lipinski definition) is 1. The molecule has 0 bridgehead atoms. The molecule has 0 fully saturated rings. The van der Waals surface area contributed by atoms with Crippen LogP contribution in [0, 0.1) is 6.92 Å². The summed E-state index contributed by atoms with van der Waals surface area (Å²) in [7, 11) is -3.87. The highest BCUT2D eigenvalue weighted by Crippen LogP contribution is 2.28. The Hall–Kier alpha value is -2.00. The molecule has 1 N–H and O–H groups in total. The maximum Gasteiger partial charge on any atom is 0.244 e. The second-order valence-electron chi connectivity index (χ2n) is 9.34. The number of anilines is 1. The lowest BCUT2D eigenvalue weighted by Gasteiger charge is -2.33. The second-order valence-corrected chi connectivity index (χ2v) is 12.5. The number of hydrogen-bond acceptors (Lipinski definition) is 4. The number of sulfonamides is 1. The van der Waals surface area contributed by atoms with Crippen molar-refractivity contribution in [1.82, 2.24) is 10.2 Å². The molecule has 0 saturated carbocycles. The average Bonchev–Trinajstić information content (AvgIpc) is 2.71. The molecule has 0 radical (unpaired) electrons. The zero-order valence-electron chi connectivity index (χ0n) is 20.5. The van der Waals surface area contributed by atoms with Crippen LogP contribution in [0.3, 0.4) is 0 Å². The van der Waals surface area contributed by atoms with Gasteiger partial charge in [0, 0.05) is 32.7 Å². The highest BCUT2D eigenvalue weighted by Gasteiger charge is 2.32. The van der Waals surface area contributed by atoms with E-state index in [1.54, 1.807) is 44.2 Å². The first-order chi connectivity index (χ1) is 16.0. The van der Waals surface area contributed by atoms with Gasteiger partial charge in [0.05, 0.1) is 11.9 Å². The van der Waals surface area contributed by atoms with Crippen molar-refractivity contribution in [3.63, 3.8) is 0 Å². The van der Waals surface area contributed by atoms with Gasteiger partial charge in [-0.2, -0.15) is 0 Å². The van der Waals surface area contributed by atoms with Crippen molar-refractivity contribution in [2.24, 2.45) is 0 Å². The largest absolute Gasteiger partial charge is 0.350 e. The molecule has 0 spiro atoms. The van der Waals surface area contributed by atoms with Crippen molar-refractivity contribution in [2.45, 2.75) is 52.7 Å². The Morgan fingerprint density at radius 3 is 2.09 bits per heavy atom. The molecule has 2 aromatic rings. The Bertz CT molecular complexity index is 1190. The molecule has 0 saturated heterocycles. The van der Waals surface area contributed by atoms with E-state index in [-0.39, 0.29) is 12.2 Å². The van der Waals surface area contributed by atoms with Gasteiger partial charge in [-0.3, -0.25) is 13.9 Å². The van der Waals surface area contributed by atoms with Gasteiger partial charge in [-0.1, -0.05) is 46.9 Å². The molecule has 192 valence electrons. The predicted molar refractivity (Wildman–Crippen MR) is 143 cm³/mol. The number of carbonyl (C=O) groups is 2. The fourth-order valence-corrected chi connectivity index (χ4v) is 4.79. The summed E-state index contributed by atoms with van der Waals surface area (Å²) in [6.07, 6.45) is 0.999. The molecule has 1 atom stereocenters. The summed E-state index contributed by atoms with van der Waals surface area (Å²) in [4.78, 5) is 27.8. The van der Waals surface area contributed by atoms with E-state index in [0.717, 1.165) is 16.1 Å². The van der Waals surface area contributed by atoms with Gasteiger partial charge in [-0.15, -0.1) is 0 Å². The molecular weight excluding hydrogens is 533 g/mol. The van der Waals surface area contributed by atoms with Crippen LogP contribution in [0.25, 0.3) is 0 Å². The average molecular weight is 563 g/mol. The van der Waals surface area contributed by atoms with E-state index in [9.17, 15) is 18.0 Å². The summed E-state index contributed by atoms with van der Waals surface area (Å²) in [5.41, 5.74) is 0.903. The third-order valence-corrected chi connectivity index (χ3v) is 7.43. The lowest BCUT2D eigenvalue weighted by molar-refractivity contribution is -0.140. The van der Waals surface area contributed by atoms with E-state index in [2.05, 4.69) is 5.32 Å². The van der Waals surface area contributed by atoms with Gasteiger partial charge in [-0.25, -0.2) is 8.42 Å². The molecule has 35 heavy (non-hydrogen) atoms. The van der Waals surface area contributed by atoms with Crippen LogP contribution in [0.1, 0.15) is 38.8 Å². The first-order valence-corrected chi connectivity index (χ1v) is 13.8. The van der Waals surface area contributed by atoms with Crippen LogP contribution in [0.4, 0.5) is 5.69 Å². The summed E-state index contributed by atoms with van der Waals surface area (Å²) >= 11 is 18.9. The summed E-state index contributed by atoms with van der Waals surface area (Å²) in [5, 5.41) is 3.86. The Labute approximate surface area is 222 Å². The molecule has 2 rings (SSSR count). The lowest BCUT2D eigenvalue weighted by Crippen LogP contribution is -2.54. The number of halogens is 3. The fourth-order valence-electron chi connectivity index (χ4n) is 3.26. The second kappa shape index (κ2) is 11.4. The minimum absolute atomic E-state index is 0.0949. The van der Waals surface area contributed by atoms with Crippen molar-refractivity contribution in [2.75, 3.05) is 17.1 Å². The van der Waals surface area contributed by atoms with Crippen LogP contribution in [0.2, 0.25) is 15.1 Å². The number of nitrogens with zero attached hydrogens (tertiary/aromatic N) is 2. The van der Waals surface area contributed by atoms with Crippen molar-refractivity contribution >= 4 is 62.3 Å². The first-order valence-electron chi connectivity index (χ1n) is 10.8. The van der Waals surface area contributed by atoms with Gasteiger partial charge in [-0.05, 0) is 64.4 Å². The molecule has 0 aliphatic carbocycles. The zero-order chi connectivity index (χ0) is 26.7. The molecule has 7 nitrogen and oxygen atoms in total. The Morgan fingerprint density at radius 2 is 1.60 bits per heavy atom. The predicted octanol–water partition coefficient (Wildman–Crippen LogP) is 5.05. The quantitative estimate of drug-likeness (QED) is 0.488. The maximum absolute atomic E-state index is 13.6. The highest BCUT2D eigenvalue weighted by atomic mass is 35.5. The van der Waals surface area contributed by atoms with Crippen LogP contribution < -0.4 is 9.62 Å². The fraction of sp³-hybridized carbons (Fsp3) is 0.417. The molecule has 11 heteroatoms. The van der Waals surface area contributed by atoms with Crippen LogP contribution >= 0.6 is 34.8 Å². The van der Waals surface area contributed by atoms with Crippen LogP contribution in [-0.4, -0.2) is 49.5 Å². The number of carbonyl (C=O) groups excluding carboxylic acids is 2. The maximum atomic E-state index is 13.6. The Balaban J connectivity index is 2.49. The Kier molecular flexibility index (Phi) is 9.50. The first kappa shape index (κ1) is 29.2. The minimum Gasteiger partial charge on any atom is -0.350 e. The summed E-state index contributed by atoms with van der Waals surface area (Å²) in [6, 6.07) is 8.70. The smallest absolute Gasteiger partial charge is 0.244 e. The van der Waals surface area contributed by atoms with E-state index in [1.807, 2.05) is 20.8 Å². The standard InChI is InChI=1S/C24H30Cl3N3O4S/c1-15-10-11-17(12-21(15)27)30(35(6,33)34)14-22(31)29(16(2)23(32)28-24(3,4)5)13-18-19(25)8-7-9-20(18)26/h7-12,16H,13-14H2,1-6H3,(H,28,32)/t16-/m1/s1. The van der Waals surface area contributed by atoms with E-state index in [1.165, 1.54) is 11.0 Å². The third-order valence-electron chi connectivity index (χ3n) is 5.18. The van der Waals surface area contributed by atoms with Crippen molar-refractivity contribution < 1.29 is 18.0 Å². The number of benzene rings is 2. The monoisotopic (exact) mass is 561 g/mol. The normalized spacial score (nSPS) is 12.7. The number of nitrogens with one attached hydrogen (secondary N) is 1. The molecular formula is C24H30Cl3N3O4S. The van der Waals surface area contributed by atoms with E-state index in [4.69, 9.17) is 34.8 Å². The van der Waals surface area contributed by atoms with Gasteiger partial charge >= 0.3 is 0 Å².